The summed E-state index contributed by atoms with van der Waals surface area (Å²) in [6.07, 6.45) is 14.5. The topological polar surface area (TPSA) is 69.6 Å². The smallest absolute Gasteiger partial charge is 0.195 e. The number of hydrogen-bond acceptors (Lipinski definition) is 5. The van der Waals surface area contributed by atoms with Gasteiger partial charge < -0.3 is 10.3 Å². The van der Waals surface area contributed by atoms with Crippen LogP contribution in [0, 0.1) is 12.3 Å². The lowest BCUT2D eigenvalue weighted by Gasteiger charge is -2.09. The Morgan fingerprint density at radius 3 is 2.92 bits per heavy atom. The van der Waals surface area contributed by atoms with E-state index >= 15 is 0 Å². The van der Waals surface area contributed by atoms with Gasteiger partial charge in [-0.25, -0.2) is 15.0 Å². The molecule has 0 spiro atoms. The number of hydrogen-bond donors (Lipinski definition) is 1. The van der Waals surface area contributed by atoms with E-state index in [-0.39, 0.29) is 0 Å². The minimum Gasteiger partial charge on any atom is -0.382 e. The molecule has 0 saturated carbocycles. The number of thioether (sulfide) groups is 1. The molecule has 0 atom stereocenters. The molecule has 0 amide bonds. The van der Waals surface area contributed by atoms with E-state index in [1.54, 1.807) is 6.33 Å². The number of terminal acetylenes is 1. The largest absolute Gasteiger partial charge is 0.382 e. The maximum Gasteiger partial charge on any atom is 0.195 e. The van der Waals surface area contributed by atoms with E-state index < -0.39 is 0 Å². The second-order valence-corrected chi connectivity index (χ2v) is 6.32. The normalized spacial score (nSPS) is 12.0. The first kappa shape index (κ1) is 17.8. The first-order valence-corrected chi connectivity index (χ1v) is 8.46. The first-order chi connectivity index (χ1) is 11.5. The van der Waals surface area contributed by atoms with E-state index in [0.717, 1.165) is 29.3 Å². The van der Waals surface area contributed by atoms with Gasteiger partial charge in [-0.15, -0.1) is 12.3 Å². The van der Waals surface area contributed by atoms with Crippen LogP contribution in [0.3, 0.4) is 0 Å². The number of allylic oxidation sites excluding steroid dienone is 4. The number of rotatable bonds is 7. The third-order valence-electron chi connectivity index (χ3n) is 3.22. The van der Waals surface area contributed by atoms with Crippen LogP contribution in [0.2, 0.25) is 0 Å². The maximum absolute atomic E-state index is 5.95. The number of nitrogens with two attached hydrogens (primary N) is 1. The monoisotopic (exact) mass is 339 g/mol. The van der Waals surface area contributed by atoms with Gasteiger partial charge >= 0.3 is 0 Å². The Balaban J connectivity index is 2.27. The minimum absolute atomic E-state index is 0.386. The highest BCUT2D eigenvalue weighted by molar-refractivity contribution is 8.03. The SMILES string of the molecule is C#CCCCn1cnc(N)c2nc(SC(/C=C\C(=C)C)=C\C)nc1-2. The summed E-state index contributed by atoms with van der Waals surface area (Å²) in [4.78, 5) is 14.4. The van der Waals surface area contributed by atoms with Gasteiger partial charge in [-0.3, -0.25) is 0 Å². The van der Waals surface area contributed by atoms with Gasteiger partial charge in [-0.2, -0.15) is 0 Å². The van der Waals surface area contributed by atoms with Crippen LogP contribution in [0.4, 0.5) is 5.82 Å². The van der Waals surface area contributed by atoms with Crippen molar-refractivity contribution in [1.29, 1.82) is 0 Å². The van der Waals surface area contributed by atoms with Crippen LogP contribution in [0.1, 0.15) is 26.7 Å². The van der Waals surface area contributed by atoms with Gasteiger partial charge in [0.2, 0.25) is 0 Å². The number of unbranched alkanes of at least 4 members (excludes halogenated alkanes) is 1. The summed E-state index contributed by atoms with van der Waals surface area (Å²) in [6.45, 7) is 8.53. The number of fused-ring (bicyclic) bond motifs is 1. The number of aryl methyl sites for hydroxylation is 1. The van der Waals surface area contributed by atoms with E-state index in [9.17, 15) is 0 Å². The van der Waals surface area contributed by atoms with Gasteiger partial charge in [0, 0.05) is 17.9 Å². The van der Waals surface area contributed by atoms with Crippen molar-refractivity contribution in [2.24, 2.45) is 0 Å². The van der Waals surface area contributed by atoms with Crippen LogP contribution < -0.4 is 5.73 Å². The predicted octanol–water partition coefficient (Wildman–Crippen LogP) is 3.90. The van der Waals surface area contributed by atoms with Crippen molar-refractivity contribution in [3.63, 3.8) is 0 Å². The molecule has 6 heteroatoms. The summed E-state index contributed by atoms with van der Waals surface area (Å²) in [5.41, 5.74) is 7.56. The summed E-state index contributed by atoms with van der Waals surface area (Å²) < 4.78 is 1.94. The third kappa shape index (κ3) is 4.49. The Hall–Kier alpha value is -2.52. The number of nitrogens with zero attached hydrogens (tertiary/aromatic N) is 4. The fourth-order valence-corrected chi connectivity index (χ4v) is 2.75. The van der Waals surface area contributed by atoms with Crippen LogP contribution >= 0.6 is 11.8 Å². The van der Waals surface area contributed by atoms with Crippen molar-refractivity contribution in [3.8, 4) is 23.9 Å². The average Bonchev–Trinajstić information content (AvgIpc) is 2.98. The summed E-state index contributed by atoms with van der Waals surface area (Å²) >= 11 is 1.48. The predicted molar refractivity (Wildman–Crippen MR) is 100 cm³/mol. The van der Waals surface area contributed by atoms with Gasteiger partial charge in [0.1, 0.15) is 0 Å². The van der Waals surface area contributed by atoms with E-state index in [4.69, 9.17) is 12.2 Å². The summed E-state index contributed by atoms with van der Waals surface area (Å²) in [5, 5.41) is 0.648. The molecule has 0 unspecified atom stereocenters. The van der Waals surface area contributed by atoms with E-state index in [1.807, 2.05) is 36.6 Å². The molecule has 0 saturated heterocycles. The van der Waals surface area contributed by atoms with Crippen molar-refractivity contribution < 1.29 is 0 Å². The molecule has 0 aromatic heterocycles. The molecule has 0 fully saturated rings. The van der Waals surface area contributed by atoms with Crippen molar-refractivity contribution in [2.45, 2.75) is 38.4 Å². The summed E-state index contributed by atoms with van der Waals surface area (Å²) in [5.74, 6) is 3.76. The molecule has 2 rings (SSSR count). The fraction of sp³-hybridized carbons (Fsp3) is 0.278. The lowest BCUT2D eigenvalue weighted by atomic mass is 10.3. The molecule has 124 valence electrons. The standard InChI is InChI=1S/C18H21N5S/c1-5-7-8-11-23-12-20-16(19)15-17(23)22-18(21-15)24-14(6-2)10-9-13(3)4/h1,6,9-10,12H,3,7-8,11,19H2,2,4H3/b10-9-,14-6-. The number of anilines is 1. The lowest BCUT2D eigenvalue weighted by Crippen LogP contribution is -2.08. The molecule has 2 N–H and O–H groups in total. The molecular formula is C18H21N5S. The highest BCUT2D eigenvalue weighted by Gasteiger charge is 2.19. The molecular weight excluding hydrogens is 318 g/mol. The second-order valence-electron chi connectivity index (χ2n) is 5.28. The van der Waals surface area contributed by atoms with Gasteiger partial charge in [0.05, 0.1) is 6.33 Å². The molecule has 5 nitrogen and oxygen atoms in total. The van der Waals surface area contributed by atoms with Gasteiger partial charge in [-0.05, 0) is 26.3 Å². The third-order valence-corrected chi connectivity index (χ3v) is 4.19. The van der Waals surface area contributed by atoms with Crippen LogP contribution in [0.15, 0.2) is 46.8 Å². The Kier molecular flexibility index (Phi) is 6.21. The zero-order valence-electron chi connectivity index (χ0n) is 14.0. The first-order valence-electron chi connectivity index (χ1n) is 7.64. The highest BCUT2D eigenvalue weighted by atomic mass is 32.2. The molecule has 2 aliphatic heterocycles. The van der Waals surface area contributed by atoms with Crippen molar-refractivity contribution in [2.75, 3.05) is 5.73 Å². The molecule has 0 bridgehead atoms. The van der Waals surface area contributed by atoms with Crippen molar-refractivity contribution in [1.82, 2.24) is 19.5 Å². The molecule has 0 aliphatic carbocycles. The lowest BCUT2D eigenvalue weighted by molar-refractivity contribution is 0.638. The number of nitrogen functional groups attached to an aromatic ring is 1. The maximum atomic E-state index is 5.95. The Labute approximate surface area is 147 Å². The molecule has 24 heavy (non-hydrogen) atoms. The van der Waals surface area contributed by atoms with E-state index in [1.165, 1.54) is 11.8 Å². The second kappa shape index (κ2) is 8.37. The molecule has 0 radical (unpaired) electrons. The summed E-state index contributed by atoms with van der Waals surface area (Å²) in [7, 11) is 0. The van der Waals surface area contributed by atoms with Crippen molar-refractivity contribution in [3.05, 3.63) is 41.6 Å². The Bertz CT molecular complexity index is 794. The van der Waals surface area contributed by atoms with E-state index in [2.05, 4.69) is 27.5 Å². The minimum atomic E-state index is 0.386. The highest BCUT2D eigenvalue weighted by Crippen LogP contribution is 2.31. The fourth-order valence-electron chi connectivity index (χ4n) is 2.01. The average molecular weight is 339 g/mol. The number of aromatic nitrogens is 4. The Morgan fingerprint density at radius 1 is 1.46 bits per heavy atom. The quantitative estimate of drug-likeness (QED) is 0.358. The Morgan fingerprint density at radius 2 is 2.25 bits per heavy atom. The van der Waals surface area contributed by atoms with Crippen LogP contribution in [-0.2, 0) is 6.54 Å². The number of imidazole rings is 1. The van der Waals surface area contributed by atoms with Gasteiger partial charge in [-0.1, -0.05) is 36.1 Å². The molecule has 0 aromatic carbocycles. The molecule has 0 aromatic rings. The van der Waals surface area contributed by atoms with E-state index in [0.29, 0.717) is 23.1 Å². The van der Waals surface area contributed by atoms with Gasteiger partial charge in [0.25, 0.3) is 0 Å². The van der Waals surface area contributed by atoms with Crippen molar-refractivity contribution >= 4 is 17.6 Å². The zero-order chi connectivity index (χ0) is 17.5. The van der Waals surface area contributed by atoms with Crippen LogP contribution in [0.25, 0.3) is 11.5 Å². The summed E-state index contributed by atoms with van der Waals surface area (Å²) in [6, 6.07) is 0. The molecule has 2 heterocycles. The van der Waals surface area contributed by atoms with Gasteiger partial charge in [0.15, 0.2) is 22.5 Å². The van der Waals surface area contributed by atoms with Crippen LogP contribution in [-0.4, -0.2) is 19.5 Å². The molecule has 2 aliphatic rings. The zero-order valence-corrected chi connectivity index (χ0v) is 14.8. The van der Waals surface area contributed by atoms with Crippen LogP contribution in [0.5, 0.6) is 0 Å².